The molecule has 1 fully saturated rings. The highest BCUT2D eigenvalue weighted by molar-refractivity contribution is 9.10. The van der Waals surface area contributed by atoms with Crippen LogP contribution in [0.1, 0.15) is 12.5 Å². The molecule has 0 spiro atoms. The van der Waals surface area contributed by atoms with E-state index in [9.17, 15) is 14.5 Å². The average molecular weight is 330 g/mol. The zero-order valence-corrected chi connectivity index (χ0v) is 11.3. The van der Waals surface area contributed by atoms with Crippen molar-refractivity contribution >= 4 is 32.5 Å². The molecule has 100 valence electrons. The van der Waals surface area contributed by atoms with E-state index < -0.39 is 10.7 Å². The molecular formula is C11H9BrFN3O3. The number of ether oxygens (including phenoxy) is 1. The maximum absolute atomic E-state index is 14.1. The molecule has 0 aliphatic carbocycles. The number of rotatable bonds is 2. The fourth-order valence-electron chi connectivity index (χ4n) is 2.28. The topological polar surface area (TPSA) is 70.2 Å². The summed E-state index contributed by atoms with van der Waals surface area (Å²) >= 11 is 3.15. The van der Waals surface area contributed by atoms with Crippen LogP contribution in [0.4, 0.5) is 10.1 Å². The molecule has 0 bridgehead atoms. The summed E-state index contributed by atoms with van der Waals surface area (Å²) in [4.78, 5) is 10.2. The molecule has 0 radical (unpaired) electrons. The Morgan fingerprint density at radius 2 is 2.42 bits per heavy atom. The lowest BCUT2D eigenvalue weighted by atomic mass is 10.2. The molecule has 3 rings (SSSR count). The molecule has 0 amide bonds. The third-order valence-electron chi connectivity index (χ3n) is 3.19. The fourth-order valence-corrected chi connectivity index (χ4v) is 2.82. The highest BCUT2D eigenvalue weighted by atomic mass is 79.9. The van der Waals surface area contributed by atoms with E-state index in [2.05, 4.69) is 21.0 Å². The van der Waals surface area contributed by atoms with Crippen LogP contribution >= 0.6 is 15.9 Å². The van der Waals surface area contributed by atoms with Gasteiger partial charge in [-0.15, -0.1) is 0 Å². The van der Waals surface area contributed by atoms with Crippen LogP contribution in [0, 0.1) is 15.9 Å². The summed E-state index contributed by atoms with van der Waals surface area (Å²) in [5, 5.41) is 15.4. The first-order chi connectivity index (χ1) is 9.09. The summed E-state index contributed by atoms with van der Waals surface area (Å²) in [6, 6.07) is 0.890. The van der Waals surface area contributed by atoms with Gasteiger partial charge >= 0.3 is 0 Å². The van der Waals surface area contributed by atoms with Gasteiger partial charge in [0.25, 0.3) is 5.69 Å². The molecule has 0 unspecified atom stereocenters. The second-order valence-electron chi connectivity index (χ2n) is 4.32. The molecule has 6 nitrogen and oxygen atoms in total. The zero-order valence-electron chi connectivity index (χ0n) is 9.68. The van der Waals surface area contributed by atoms with Crippen molar-refractivity contribution in [3.05, 3.63) is 32.7 Å². The van der Waals surface area contributed by atoms with Gasteiger partial charge < -0.3 is 4.74 Å². The van der Waals surface area contributed by atoms with E-state index in [1.54, 1.807) is 4.68 Å². The summed E-state index contributed by atoms with van der Waals surface area (Å²) in [6.45, 7) is 1.09. The molecule has 1 aromatic carbocycles. The van der Waals surface area contributed by atoms with E-state index in [1.165, 1.54) is 6.20 Å². The van der Waals surface area contributed by atoms with Crippen molar-refractivity contribution in [3.8, 4) is 0 Å². The number of nitrogens with zero attached hydrogens (tertiary/aromatic N) is 3. The Balaban J connectivity index is 2.23. The molecule has 1 aromatic heterocycles. The summed E-state index contributed by atoms with van der Waals surface area (Å²) in [7, 11) is 0. The van der Waals surface area contributed by atoms with E-state index in [-0.39, 0.29) is 21.7 Å². The molecular weight excluding hydrogens is 321 g/mol. The van der Waals surface area contributed by atoms with Crippen LogP contribution in [-0.4, -0.2) is 27.9 Å². The first kappa shape index (κ1) is 12.5. The normalized spacial score (nSPS) is 19.2. The number of nitro benzene ring substituents is 1. The second kappa shape index (κ2) is 4.53. The molecule has 8 heteroatoms. The Morgan fingerprint density at radius 3 is 3.05 bits per heavy atom. The number of hydrogen-bond donors (Lipinski definition) is 0. The Morgan fingerprint density at radius 1 is 1.63 bits per heavy atom. The highest BCUT2D eigenvalue weighted by Crippen LogP contribution is 2.36. The zero-order chi connectivity index (χ0) is 13.6. The van der Waals surface area contributed by atoms with Gasteiger partial charge in [0.2, 0.25) is 0 Å². The van der Waals surface area contributed by atoms with Gasteiger partial charge in [-0.3, -0.25) is 14.8 Å². The van der Waals surface area contributed by atoms with Gasteiger partial charge in [-0.1, -0.05) is 0 Å². The Kier molecular flexibility index (Phi) is 2.98. The number of halogens is 2. The number of aromatic nitrogens is 2. The second-order valence-corrected chi connectivity index (χ2v) is 5.11. The first-order valence-electron chi connectivity index (χ1n) is 5.67. The van der Waals surface area contributed by atoms with Crippen molar-refractivity contribution in [2.75, 3.05) is 13.2 Å². The Bertz CT molecular complexity index is 667. The molecule has 1 aliphatic heterocycles. The van der Waals surface area contributed by atoms with E-state index in [0.717, 1.165) is 12.5 Å². The molecule has 0 saturated carbocycles. The molecule has 2 heterocycles. The van der Waals surface area contributed by atoms with Gasteiger partial charge in [0.15, 0.2) is 5.82 Å². The lowest BCUT2D eigenvalue weighted by molar-refractivity contribution is -0.385. The minimum Gasteiger partial charge on any atom is -0.379 e. The summed E-state index contributed by atoms with van der Waals surface area (Å²) in [5.41, 5.74) is -0.0276. The van der Waals surface area contributed by atoms with Gasteiger partial charge in [-0.25, -0.2) is 4.39 Å². The average Bonchev–Trinajstić information content (AvgIpc) is 3.00. The SMILES string of the molecule is O=[N+]([O-])c1cc(F)c2c(cnn2[C@@H]2CCOC2)c1Br. The van der Waals surface area contributed by atoms with Crippen LogP contribution in [-0.2, 0) is 4.74 Å². The molecule has 2 aromatic rings. The smallest absolute Gasteiger partial charge is 0.287 e. The third kappa shape index (κ3) is 1.91. The number of benzene rings is 1. The minimum absolute atomic E-state index is 0.0274. The van der Waals surface area contributed by atoms with Crippen LogP contribution in [0.15, 0.2) is 16.7 Å². The number of hydrogen-bond acceptors (Lipinski definition) is 4. The van der Waals surface area contributed by atoms with Crippen LogP contribution < -0.4 is 0 Å². The maximum Gasteiger partial charge on any atom is 0.287 e. The highest BCUT2D eigenvalue weighted by Gasteiger charge is 2.26. The Labute approximate surface area is 115 Å². The van der Waals surface area contributed by atoms with Crippen molar-refractivity contribution in [2.24, 2.45) is 0 Å². The summed E-state index contributed by atoms with van der Waals surface area (Å²) in [5.74, 6) is -0.644. The van der Waals surface area contributed by atoms with E-state index >= 15 is 0 Å². The predicted molar refractivity (Wildman–Crippen MR) is 68.5 cm³/mol. The number of fused-ring (bicyclic) bond motifs is 1. The molecule has 1 saturated heterocycles. The number of nitro groups is 1. The van der Waals surface area contributed by atoms with Crippen LogP contribution in [0.2, 0.25) is 0 Å². The molecule has 19 heavy (non-hydrogen) atoms. The monoisotopic (exact) mass is 329 g/mol. The lowest BCUT2D eigenvalue weighted by Gasteiger charge is -2.10. The van der Waals surface area contributed by atoms with Crippen LogP contribution in [0.3, 0.4) is 0 Å². The minimum atomic E-state index is -0.644. The summed E-state index contributed by atoms with van der Waals surface area (Å²) in [6.07, 6.45) is 2.19. The van der Waals surface area contributed by atoms with Crippen molar-refractivity contribution in [1.29, 1.82) is 0 Å². The maximum atomic E-state index is 14.1. The van der Waals surface area contributed by atoms with Gasteiger partial charge in [-0.05, 0) is 22.4 Å². The summed E-state index contributed by atoms with van der Waals surface area (Å²) < 4.78 is 21.2. The van der Waals surface area contributed by atoms with Crippen molar-refractivity contribution in [3.63, 3.8) is 0 Å². The van der Waals surface area contributed by atoms with E-state index in [4.69, 9.17) is 4.74 Å². The lowest BCUT2D eigenvalue weighted by Crippen LogP contribution is -2.10. The largest absolute Gasteiger partial charge is 0.379 e. The first-order valence-corrected chi connectivity index (χ1v) is 6.46. The van der Waals surface area contributed by atoms with E-state index in [0.29, 0.717) is 18.6 Å². The van der Waals surface area contributed by atoms with Gasteiger partial charge in [-0.2, -0.15) is 5.10 Å². The van der Waals surface area contributed by atoms with Crippen molar-refractivity contribution in [2.45, 2.75) is 12.5 Å². The fraction of sp³-hybridized carbons (Fsp3) is 0.364. The third-order valence-corrected chi connectivity index (χ3v) is 4.03. The molecule has 1 atom stereocenters. The van der Waals surface area contributed by atoms with E-state index in [1.807, 2.05) is 0 Å². The van der Waals surface area contributed by atoms with Gasteiger partial charge in [0.05, 0.1) is 29.8 Å². The van der Waals surface area contributed by atoms with Crippen molar-refractivity contribution in [1.82, 2.24) is 9.78 Å². The predicted octanol–water partition coefficient (Wildman–Crippen LogP) is 2.81. The van der Waals surface area contributed by atoms with Crippen LogP contribution in [0.25, 0.3) is 10.9 Å². The van der Waals surface area contributed by atoms with Gasteiger partial charge in [0.1, 0.15) is 9.99 Å². The van der Waals surface area contributed by atoms with Gasteiger partial charge in [0, 0.05) is 12.0 Å². The van der Waals surface area contributed by atoms with Crippen molar-refractivity contribution < 1.29 is 14.1 Å². The van der Waals surface area contributed by atoms with Crippen LogP contribution in [0.5, 0.6) is 0 Å². The molecule has 0 N–H and O–H groups in total. The standard InChI is InChI=1S/C11H9BrFN3O3/c12-10-7-4-14-15(6-1-2-19-5-6)11(7)8(13)3-9(10)16(17)18/h3-4,6H,1-2,5H2/t6-/m1/s1. The molecule has 1 aliphatic rings. The quantitative estimate of drug-likeness (QED) is 0.627. The Hall–Kier alpha value is -1.54.